The minimum absolute atomic E-state index is 0.463. The van der Waals surface area contributed by atoms with Crippen molar-refractivity contribution < 1.29 is 0 Å². The summed E-state index contributed by atoms with van der Waals surface area (Å²) < 4.78 is 0. The Balaban J connectivity index is 2.29. The molecule has 2 rings (SSSR count). The van der Waals surface area contributed by atoms with Crippen LogP contribution < -0.4 is 0 Å². The average molecular weight is 301 g/mol. The number of thioether (sulfide) groups is 1. The molecule has 0 amide bonds. The summed E-state index contributed by atoms with van der Waals surface area (Å²) in [6.45, 7) is 13.1. The fourth-order valence-corrected chi connectivity index (χ4v) is 4.47. The maximum absolute atomic E-state index is 3.84. The zero-order valence-electron chi connectivity index (χ0n) is 13.9. The quantitative estimate of drug-likeness (QED) is 0.564. The molecule has 0 aliphatic heterocycles. The number of hydrogen-bond acceptors (Lipinski definition) is 1. The molecular formula is C20H28S. The summed E-state index contributed by atoms with van der Waals surface area (Å²) in [5.41, 5.74) is 3.45. The fraction of sp³-hybridized carbons (Fsp3) is 0.500. The summed E-state index contributed by atoms with van der Waals surface area (Å²) in [4.78, 5) is 1.38. The summed E-state index contributed by atoms with van der Waals surface area (Å²) >= 11 is 1.75. The van der Waals surface area contributed by atoms with Crippen molar-refractivity contribution in [1.29, 1.82) is 0 Å². The van der Waals surface area contributed by atoms with E-state index in [1.807, 2.05) is 5.41 Å². The lowest BCUT2D eigenvalue weighted by atomic mass is 9.51. The highest BCUT2D eigenvalue weighted by Gasteiger charge is 2.49. The van der Waals surface area contributed by atoms with E-state index in [2.05, 4.69) is 64.6 Å². The first-order valence-corrected chi connectivity index (χ1v) is 8.91. The summed E-state index contributed by atoms with van der Waals surface area (Å²) in [5.74, 6) is 1.34. The first kappa shape index (κ1) is 16.4. The van der Waals surface area contributed by atoms with Gasteiger partial charge in [-0.2, -0.15) is 0 Å². The van der Waals surface area contributed by atoms with Gasteiger partial charge in [-0.15, -0.1) is 11.8 Å². The van der Waals surface area contributed by atoms with Gasteiger partial charge in [-0.25, -0.2) is 0 Å². The molecule has 114 valence electrons. The zero-order valence-corrected chi connectivity index (χ0v) is 14.7. The van der Waals surface area contributed by atoms with Crippen molar-refractivity contribution in [2.45, 2.75) is 52.9 Å². The first-order valence-electron chi connectivity index (χ1n) is 8.03. The van der Waals surface area contributed by atoms with Crippen LogP contribution in [0, 0.1) is 18.3 Å². The second-order valence-corrected chi connectivity index (χ2v) is 7.87. The van der Waals surface area contributed by atoms with Gasteiger partial charge < -0.3 is 0 Å². The van der Waals surface area contributed by atoms with Crippen molar-refractivity contribution in [1.82, 2.24) is 0 Å². The van der Waals surface area contributed by atoms with Crippen LogP contribution >= 0.6 is 11.8 Å². The molecule has 0 radical (unpaired) electrons. The minimum Gasteiger partial charge on any atom is -0.104 e. The lowest BCUT2D eigenvalue weighted by Gasteiger charge is -2.53. The molecule has 1 heteroatoms. The van der Waals surface area contributed by atoms with Gasteiger partial charge in [0, 0.05) is 0 Å². The van der Waals surface area contributed by atoms with Gasteiger partial charge in [0.1, 0.15) is 0 Å². The minimum atomic E-state index is 0.463. The standard InChI is InChI=1S/C20H28S/c1-6-12-20(5)14-18(17-11-9-8-10-15(17)3)19(20)13-16(4)21-7-2/h7-11,13,18-19H,2,6,12,14H2,1,3-5H3/b16-13-. The molecule has 0 nitrogen and oxygen atoms in total. The zero-order chi connectivity index (χ0) is 15.5. The molecule has 1 saturated carbocycles. The molecule has 0 aromatic heterocycles. The monoisotopic (exact) mass is 300 g/mol. The van der Waals surface area contributed by atoms with E-state index in [4.69, 9.17) is 0 Å². The van der Waals surface area contributed by atoms with Gasteiger partial charge in [-0.3, -0.25) is 0 Å². The SMILES string of the molecule is C=CS/C(C)=C\C1C(c2ccccc2C)CC1(C)CCC. The Morgan fingerprint density at radius 3 is 2.76 bits per heavy atom. The van der Waals surface area contributed by atoms with E-state index in [1.165, 1.54) is 29.7 Å². The molecule has 0 saturated heterocycles. The number of rotatable bonds is 6. The third-order valence-corrected chi connectivity index (χ3v) is 5.69. The molecule has 0 spiro atoms. The van der Waals surface area contributed by atoms with Crippen LogP contribution in [0.25, 0.3) is 0 Å². The van der Waals surface area contributed by atoms with Crippen LogP contribution in [0.4, 0.5) is 0 Å². The summed E-state index contributed by atoms with van der Waals surface area (Å²) in [7, 11) is 0. The van der Waals surface area contributed by atoms with Crippen LogP contribution in [-0.4, -0.2) is 0 Å². The average Bonchev–Trinajstić information content (AvgIpc) is 2.44. The Hall–Kier alpha value is -0.950. The third-order valence-electron chi connectivity index (χ3n) is 5.02. The highest BCUT2D eigenvalue weighted by atomic mass is 32.2. The summed E-state index contributed by atoms with van der Waals surface area (Å²) in [6.07, 6.45) is 6.42. The van der Waals surface area contributed by atoms with E-state index >= 15 is 0 Å². The van der Waals surface area contributed by atoms with E-state index in [1.54, 1.807) is 17.3 Å². The number of benzene rings is 1. The molecule has 21 heavy (non-hydrogen) atoms. The molecule has 1 aliphatic carbocycles. The maximum Gasteiger partial charge on any atom is -0.00854 e. The molecular weight excluding hydrogens is 272 g/mol. The highest BCUT2D eigenvalue weighted by Crippen LogP contribution is 2.59. The number of hydrogen-bond donors (Lipinski definition) is 0. The van der Waals surface area contributed by atoms with Gasteiger partial charge in [0.25, 0.3) is 0 Å². The van der Waals surface area contributed by atoms with E-state index in [0.29, 0.717) is 17.3 Å². The Labute approximate surface area is 134 Å². The molecule has 0 heterocycles. The molecule has 1 aliphatic rings. The van der Waals surface area contributed by atoms with Crippen molar-refractivity contribution in [2.24, 2.45) is 11.3 Å². The number of allylic oxidation sites excluding steroid dienone is 2. The summed E-state index contributed by atoms with van der Waals surface area (Å²) in [6, 6.07) is 8.90. The van der Waals surface area contributed by atoms with E-state index in [-0.39, 0.29) is 0 Å². The van der Waals surface area contributed by atoms with Crippen LogP contribution in [0.5, 0.6) is 0 Å². The van der Waals surface area contributed by atoms with Gasteiger partial charge in [0.05, 0.1) is 0 Å². The smallest absolute Gasteiger partial charge is 0.00854 e. The fourth-order valence-electron chi connectivity index (χ4n) is 3.98. The van der Waals surface area contributed by atoms with Gasteiger partial charge in [0.2, 0.25) is 0 Å². The van der Waals surface area contributed by atoms with Gasteiger partial charge >= 0.3 is 0 Å². The second-order valence-electron chi connectivity index (χ2n) is 6.66. The molecule has 0 N–H and O–H groups in total. The summed E-state index contributed by atoms with van der Waals surface area (Å²) in [5, 5.41) is 1.93. The Morgan fingerprint density at radius 1 is 1.43 bits per heavy atom. The largest absolute Gasteiger partial charge is 0.104 e. The first-order chi connectivity index (χ1) is 10.0. The third kappa shape index (κ3) is 3.45. The van der Waals surface area contributed by atoms with Crippen LogP contribution in [0.15, 0.2) is 47.2 Å². The van der Waals surface area contributed by atoms with Crippen molar-refractivity contribution >= 4 is 11.8 Å². The lowest BCUT2D eigenvalue weighted by Crippen LogP contribution is -2.43. The second kappa shape index (κ2) is 6.87. The normalized spacial score (nSPS) is 29.0. The topological polar surface area (TPSA) is 0 Å². The molecule has 0 bridgehead atoms. The van der Waals surface area contributed by atoms with Crippen molar-refractivity contribution in [3.05, 3.63) is 58.4 Å². The molecule has 3 unspecified atom stereocenters. The van der Waals surface area contributed by atoms with Gasteiger partial charge in [0.15, 0.2) is 0 Å². The molecule has 1 aromatic rings. The van der Waals surface area contributed by atoms with Crippen molar-refractivity contribution in [2.75, 3.05) is 0 Å². The number of aryl methyl sites for hydroxylation is 1. The Bertz CT molecular complexity index is 528. The Kier molecular flexibility index (Phi) is 5.37. The molecule has 1 fully saturated rings. The highest BCUT2D eigenvalue weighted by molar-refractivity contribution is 8.05. The van der Waals surface area contributed by atoms with E-state index in [0.717, 1.165) is 0 Å². The van der Waals surface area contributed by atoms with Gasteiger partial charge in [-0.05, 0) is 65.4 Å². The van der Waals surface area contributed by atoms with Crippen LogP contribution in [0.3, 0.4) is 0 Å². The molecule has 1 aromatic carbocycles. The van der Waals surface area contributed by atoms with Crippen molar-refractivity contribution in [3.63, 3.8) is 0 Å². The van der Waals surface area contributed by atoms with Crippen LogP contribution in [0.2, 0.25) is 0 Å². The van der Waals surface area contributed by atoms with Crippen LogP contribution in [0.1, 0.15) is 57.1 Å². The predicted octanol–water partition coefficient (Wildman–Crippen LogP) is 6.69. The predicted molar refractivity (Wildman–Crippen MR) is 96.6 cm³/mol. The van der Waals surface area contributed by atoms with E-state index < -0.39 is 0 Å². The van der Waals surface area contributed by atoms with Gasteiger partial charge in [-0.1, -0.05) is 57.2 Å². The van der Waals surface area contributed by atoms with Crippen molar-refractivity contribution in [3.8, 4) is 0 Å². The molecule has 3 atom stereocenters. The maximum atomic E-state index is 3.84. The lowest BCUT2D eigenvalue weighted by molar-refractivity contribution is 0.0437. The van der Waals surface area contributed by atoms with E-state index in [9.17, 15) is 0 Å². The Morgan fingerprint density at radius 2 is 2.14 bits per heavy atom. The van der Waals surface area contributed by atoms with Crippen LogP contribution in [-0.2, 0) is 0 Å².